The zero-order valence-corrected chi connectivity index (χ0v) is 8.25. The van der Waals surface area contributed by atoms with Crippen LogP contribution in [0.4, 0.5) is 0 Å². The normalized spacial score (nSPS) is 23.0. The first kappa shape index (κ1) is 10.3. The number of amides is 1. The lowest BCUT2D eigenvalue weighted by Crippen LogP contribution is -2.36. The smallest absolute Gasteiger partial charge is 0.219 e. The summed E-state index contributed by atoms with van der Waals surface area (Å²) in [5.74, 6) is 0.158. The topological polar surface area (TPSA) is 32.3 Å². The van der Waals surface area contributed by atoms with E-state index in [1.54, 1.807) is 0 Å². The molecule has 0 aromatic carbocycles. The second-order valence-corrected chi connectivity index (χ2v) is 3.45. The van der Waals surface area contributed by atoms with Crippen LogP contribution in [-0.4, -0.2) is 36.5 Å². The number of nitrogens with one attached hydrogen (secondary N) is 1. The second-order valence-electron chi connectivity index (χ2n) is 3.45. The maximum atomic E-state index is 11.1. The lowest BCUT2D eigenvalue weighted by Gasteiger charge is -2.14. The summed E-state index contributed by atoms with van der Waals surface area (Å²) in [6.07, 6.45) is 3.56. The van der Waals surface area contributed by atoms with Crippen LogP contribution in [0.1, 0.15) is 19.8 Å². The molecule has 0 aromatic rings. The van der Waals surface area contributed by atoms with Crippen LogP contribution in [0.15, 0.2) is 12.7 Å². The van der Waals surface area contributed by atoms with E-state index in [-0.39, 0.29) is 5.91 Å². The van der Waals surface area contributed by atoms with Crippen molar-refractivity contribution < 1.29 is 4.79 Å². The molecule has 1 aliphatic heterocycles. The highest BCUT2D eigenvalue weighted by Crippen LogP contribution is 2.08. The molecule has 13 heavy (non-hydrogen) atoms. The van der Waals surface area contributed by atoms with E-state index < -0.39 is 0 Å². The zero-order chi connectivity index (χ0) is 9.68. The first-order chi connectivity index (χ1) is 6.26. The van der Waals surface area contributed by atoms with Gasteiger partial charge >= 0.3 is 0 Å². The molecule has 1 aliphatic rings. The van der Waals surface area contributed by atoms with Crippen molar-refractivity contribution in [1.82, 2.24) is 10.2 Å². The zero-order valence-electron chi connectivity index (χ0n) is 8.25. The van der Waals surface area contributed by atoms with Gasteiger partial charge in [-0.2, -0.15) is 0 Å². The van der Waals surface area contributed by atoms with E-state index in [4.69, 9.17) is 0 Å². The van der Waals surface area contributed by atoms with Crippen LogP contribution in [0.5, 0.6) is 0 Å². The number of nitrogens with zero attached hydrogens (tertiary/aromatic N) is 1. The van der Waals surface area contributed by atoms with Gasteiger partial charge in [-0.15, -0.1) is 6.58 Å². The summed E-state index contributed by atoms with van der Waals surface area (Å²) in [6.45, 7) is 8.55. The Hall–Kier alpha value is -0.830. The average Bonchev–Trinajstić information content (AvgIpc) is 2.53. The minimum absolute atomic E-state index is 0.158. The van der Waals surface area contributed by atoms with Gasteiger partial charge in [-0.3, -0.25) is 9.69 Å². The average molecular weight is 182 g/mol. The summed E-state index contributed by atoms with van der Waals surface area (Å²) in [6, 6.07) is 0.354. The quantitative estimate of drug-likeness (QED) is 0.651. The summed E-state index contributed by atoms with van der Waals surface area (Å²) in [4.78, 5) is 13.4. The van der Waals surface area contributed by atoms with E-state index in [9.17, 15) is 4.79 Å². The van der Waals surface area contributed by atoms with Gasteiger partial charge in [0.1, 0.15) is 0 Å². The molecule has 0 saturated carbocycles. The standard InChI is InChI=1S/C10H18N2O/c1-3-6-12-7-5-9(8-12)11-10(13)4-2/h3,9H,1,4-8H2,2H3,(H,11,13). The fourth-order valence-electron chi connectivity index (χ4n) is 1.63. The molecule has 1 fully saturated rings. The predicted octanol–water partition coefficient (Wildman–Crippen LogP) is 0.773. The molecule has 1 atom stereocenters. The van der Waals surface area contributed by atoms with E-state index in [1.165, 1.54) is 0 Å². The lowest BCUT2D eigenvalue weighted by molar-refractivity contribution is -0.121. The maximum Gasteiger partial charge on any atom is 0.219 e. The van der Waals surface area contributed by atoms with E-state index in [1.807, 2.05) is 13.0 Å². The number of hydrogen-bond acceptors (Lipinski definition) is 2. The van der Waals surface area contributed by atoms with Crippen LogP contribution in [0.25, 0.3) is 0 Å². The first-order valence-electron chi connectivity index (χ1n) is 4.89. The van der Waals surface area contributed by atoms with Gasteiger partial charge in [-0.1, -0.05) is 13.0 Å². The highest BCUT2D eigenvalue weighted by Gasteiger charge is 2.21. The molecule has 1 rings (SSSR count). The number of likely N-dealkylation sites (tertiary alicyclic amines) is 1. The van der Waals surface area contributed by atoms with E-state index in [2.05, 4.69) is 16.8 Å². The molecular weight excluding hydrogens is 164 g/mol. The third-order valence-electron chi connectivity index (χ3n) is 2.35. The Kier molecular flexibility index (Phi) is 3.96. The molecular formula is C10H18N2O. The van der Waals surface area contributed by atoms with Crippen LogP contribution in [0.3, 0.4) is 0 Å². The fourth-order valence-corrected chi connectivity index (χ4v) is 1.63. The minimum atomic E-state index is 0.158. The first-order valence-corrected chi connectivity index (χ1v) is 4.89. The Morgan fingerprint density at radius 1 is 1.77 bits per heavy atom. The van der Waals surface area contributed by atoms with Crippen molar-refractivity contribution in [1.29, 1.82) is 0 Å². The third-order valence-corrected chi connectivity index (χ3v) is 2.35. The van der Waals surface area contributed by atoms with Gasteiger partial charge in [0.25, 0.3) is 0 Å². The van der Waals surface area contributed by atoms with E-state index in [0.717, 1.165) is 26.1 Å². The molecule has 0 bridgehead atoms. The molecule has 0 radical (unpaired) electrons. The van der Waals surface area contributed by atoms with Crippen molar-refractivity contribution in [2.45, 2.75) is 25.8 Å². The summed E-state index contributed by atoms with van der Waals surface area (Å²) >= 11 is 0. The van der Waals surface area contributed by atoms with Crippen molar-refractivity contribution in [2.75, 3.05) is 19.6 Å². The molecule has 0 aromatic heterocycles. The minimum Gasteiger partial charge on any atom is -0.352 e. The van der Waals surface area contributed by atoms with Crippen LogP contribution in [-0.2, 0) is 4.79 Å². The number of hydrogen-bond donors (Lipinski definition) is 1. The molecule has 3 heteroatoms. The molecule has 0 aliphatic carbocycles. The number of carbonyl (C=O) groups excluding carboxylic acids is 1. The SMILES string of the molecule is C=CCN1CCC(NC(=O)CC)C1. The Morgan fingerprint density at radius 3 is 3.15 bits per heavy atom. The molecule has 1 unspecified atom stereocenters. The molecule has 1 amide bonds. The predicted molar refractivity (Wildman–Crippen MR) is 53.5 cm³/mol. The molecule has 1 N–H and O–H groups in total. The van der Waals surface area contributed by atoms with Gasteiger partial charge in [-0.25, -0.2) is 0 Å². The maximum absolute atomic E-state index is 11.1. The van der Waals surface area contributed by atoms with Crippen molar-refractivity contribution in [3.05, 3.63) is 12.7 Å². The van der Waals surface area contributed by atoms with Gasteiger partial charge in [-0.05, 0) is 6.42 Å². The van der Waals surface area contributed by atoms with Gasteiger partial charge in [0.2, 0.25) is 5.91 Å². The van der Waals surface area contributed by atoms with Crippen molar-refractivity contribution in [2.24, 2.45) is 0 Å². The Morgan fingerprint density at radius 2 is 2.54 bits per heavy atom. The summed E-state index contributed by atoms with van der Waals surface area (Å²) < 4.78 is 0. The van der Waals surface area contributed by atoms with Gasteiger partial charge in [0, 0.05) is 32.1 Å². The van der Waals surface area contributed by atoms with Crippen molar-refractivity contribution >= 4 is 5.91 Å². The van der Waals surface area contributed by atoms with Gasteiger partial charge in [0.15, 0.2) is 0 Å². The molecule has 0 spiro atoms. The lowest BCUT2D eigenvalue weighted by atomic mass is 10.2. The number of rotatable bonds is 4. The Balaban J connectivity index is 2.24. The second kappa shape index (κ2) is 5.02. The van der Waals surface area contributed by atoms with Crippen LogP contribution < -0.4 is 5.32 Å². The third kappa shape index (κ3) is 3.19. The number of carbonyl (C=O) groups is 1. The summed E-state index contributed by atoms with van der Waals surface area (Å²) in [5, 5.41) is 3.00. The van der Waals surface area contributed by atoms with Gasteiger partial charge < -0.3 is 5.32 Å². The van der Waals surface area contributed by atoms with Crippen molar-refractivity contribution in [3.63, 3.8) is 0 Å². The highest BCUT2D eigenvalue weighted by molar-refractivity contribution is 5.75. The fraction of sp³-hybridized carbons (Fsp3) is 0.700. The largest absolute Gasteiger partial charge is 0.352 e. The van der Waals surface area contributed by atoms with Gasteiger partial charge in [0.05, 0.1) is 0 Å². The molecule has 1 heterocycles. The van der Waals surface area contributed by atoms with Crippen LogP contribution in [0.2, 0.25) is 0 Å². The summed E-state index contributed by atoms with van der Waals surface area (Å²) in [5.41, 5.74) is 0. The Bertz CT molecular complexity index is 191. The van der Waals surface area contributed by atoms with Crippen molar-refractivity contribution in [3.8, 4) is 0 Å². The Labute approximate surface area is 79.8 Å². The van der Waals surface area contributed by atoms with Crippen LogP contribution >= 0.6 is 0 Å². The highest BCUT2D eigenvalue weighted by atomic mass is 16.1. The molecule has 3 nitrogen and oxygen atoms in total. The van der Waals surface area contributed by atoms with E-state index >= 15 is 0 Å². The summed E-state index contributed by atoms with van der Waals surface area (Å²) in [7, 11) is 0. The molecule has 74 valence electrons. The molecule has 1 saturated heterocycles. The van der Waals surface area contributed by atoms with E-state index in [0.29, 0.717) is 12.5 Å². The van der Waals surface area contributed by atoms with Crippen LogP contribution in [0, 0.1) is 0 Å². The monoisotopic (exact) mass is 182 g/mol.